The molecule has 0 fully saturated rings. The van der Waals surface area contributed by atoms with E-state index in [2.05, 4.69) is 24.3 Å². The van der Waals surface area contributed by atoms with Gasteiger partial charge in [0.2, 0.25) is 0 Å². The Morgan fingerprint density at radius 2 is 1.72 bits per heavy atom. The van der Waals surface area contributed by atoms with Crippen LogP contribution in [0.5, 0.6) is 5.75 Å². The van der Waals surface area contributed by atoms with Gasteiger partial charge in [-0.3, -0.25) is 4.79 Å². The molecule has 18 heavy (non-hydrogen) atoms. The molecule has 0 saturated carbocycles. The molecule has 1 aromatic carbocycles. The Labute approximate surface area is 111 Å². The first-order valence-corrected chi connectivity index (χ1v) is 6.11. The van der Waals surface area contributed by atoms with Crippen LogP contribution < -0.4 is 4.74 Å². The van der Waals surface area contributed by atoms with Gasteiger partial charge in [-0.2, -0.15) is 0 Å². The Morgan fingerprint density at radius 1 is 1.11 bits per heavy atom. The summed E-state index contributed by atoms with van der Waals surface area (Å²) in [5, 5.41) is 0.474. The van der Waals surface area contributed by atoms with Gasteiger partial charge in [0.1, 0.15) is 5.75 Å². The smallest absolute Gasteiger partial charge is 0.153 e. The van der Waals surface area contributed by atoms with E-state index in [1.54, 1.807) is 18.2 Å². The molecule has 92 valence electrons. The average molecular weight is 261 g/mol. The maximum absolute atomic E-state index is 10.5. The van der Waals surface area contributed by atoms with Crippen molar-refractivity contribution in [1.82, 2.24) is 0 Å². The van der Waals surface area contributed by atoms with Crippen molar-refractivity contribution >= 4 is 17.9 Å². The SMILES string of the molecule is CCOc1c(Cl)cccc1C=O.c1cc2ccc1-2. The second-order valence-corrected chi connectivity index (χ2v) is 4.19. The summed E-state index contributed by atoms with van der Waals surface area (Å²) in [5.41, 5.74) is 3.34. The summed E-state index contributed by atoms with van der Waals surface area (Å²) in [7, 11) is 0. The van der Waals surface area contributed by atoms with Crippen LogP contribution in [0.25, 0.3) is 11.1 Å². The Morgan fingerprint density at radius 3 is 2.11 bits per heavy atom. The molecule has 0 N–H and O–H groups in total. The fourth-order valence-corrected chi connectivity index (χ4v) is 1.81. The summed E-state index contributed by atoms with van der Waals surface area (Å²) in [6.07, 6.45) is 0.733. The number of hydrogen-bond acceptors (Lipinski definition) is 2. The Bertz CT molecular complexity index is 526. The van der Waals surface area contributed by atoms with Crippen molar-refractivity contribution in [2.45, 2.75) is 6.92 Å². The van der Waals surface area contributed by atoms with Gasteiger partial charge in [-0.15, -0.1) is 0 Å². The van der Waals surface area contributed by atoms with Gasteiger partial charge in [0, 0.05) is 0 Å². The molecule has 0 atom stereocenters. The molecule has 0 aliphatic heterocycles. The van der Waals surface area contributed by atoms with E-state index in [9.17, 15) is 4.79 Å². The van der Waals surface area contributed by atoms with Crippen molar-refractivity contribution in [3.05, 3.63) is 53.1 Å². The van der Waals surface area contributed by atoms with Crippen molar-refractivity contribution in [2.75, 3.05) is 6.61 Å². The Balaban J connectivity index is 0.000000164. The van der Waals surface area contributed by atoms with Gasteiger partial charge in [-0.1, -0.05) is 41.9 Å². The summed E-state index contributed by atoms with van der Waals surface area (Å²) in [4.78, 5) is 10.5. The molecule has 2 aliphatic rings. The first-order chi connectivity index (χ1) is 8.76. The van der Waals surface area contributed by atoms with E-state index < -0.39 is 0 Å². The molecule has 2 aliphatic carbocycles. The Kier molecular flexibility index (Phi) is 4.00. The minimum Gasteiger partial charge on any atom is -0.492 e. The van der Waals surface area contributed by atoms with Crippen molar-refractivity contribution in [1.29, 1.82) is 0 Å². The van der Waals surface area contributed by atoms with Gasteiger partial charge >= 0.3 is 0 Å². The lowest BCUT2D eigenvalue weighted by molar-refractivity contribution is 0.112. The zero-order valence-electron chi connectivity index (χ0n) is 10.0. The highest BCUT2D eigenvalue weighted by molar-refractivity contribution is 6.32. The van der Waals surface area contributed by atoms with E-state index in [-0.39, 0.29) is 0 Å². The Hall–Kier alpha value is -1.80. The van der Waals surface area contributed by atoms with Crippen molar-refractivity contribution < 1.29 is 9.53 Å². The molecule has 0 saturated heterocycles. The van der Waals surface area contributed by atoms with Gasteiger partial charge in [-0.25, -0.2) is 0 Å². The summed E-state index contributed by atoms with van der Waals surface area (Å²) < 4.78 is 5.20. The molecule has 0 radical (unpaired) electrons. The van der Waals surface area contributed by atoms with Crippen molar-refractivity contribution in [3.8, 4) is 16.9 Å². The van der Waals surface area contributed by atoms with Crippen LogP contribution in [0.1, 0.15) is 17.3 Å². The zero-order valence-corrected chi connectivity index (χ0v) is 10.8. The summed E-state index contributed by atoms with van der Waals surface area (Å²) in [6, 6.07) is 13.6. The van der Waals surface area contributed by atoms with E-state index in [1.807, 2.05) is 6.92 Å². The number of hydrogen-bond donors (Lipinski definition) is 0. The molecule has 1 aromatic rings. The normalized spacial score (nSPS) is 10.1. The molecular weight excluding hydrogens is 248 g/mol. The second kappa shape index (κ2) is 5.69. The summed E-state index contributed by atoms with van der Waals surface area (Å²) in [5.74, 6) is 0.469. The van der Waals surface area contributed by atoms with Crippen LogP contribution in [0.4, 0.5) is 0 Å². The average Bonchev–Trinajstić information content (AvgIpc) is 2.37. The minimum atomic E-state index is 0.469. The van der Waals surface area contributed by atoms with Gasteiger partial charge in [0.05, 0.1) is 17.2 Å². The highest BCUT2D eigenvalue weighted by atomic mass is 35.5. The number of carbonyl (C=O) groups excluding carboxylic acids is 1. The third-order valence-corrected chi connectivity index (χ3v) is 2.93. The lowest BCUT2D eigenvalue weighted by Gasteiger charge is -2.10. The number of ether oxygens (including phenoxy) is 1. The third-order valence-electron chi connectivity index (χ3n) is 2.63. The monoisotopic (exact) mass is 260 g/mol. The molecule has 3 heteroatoms. The molecule has 0 spiro atoms. The number of halogens is 1. The highest BCUT2D eigenvalue weighted by Crippen LogP contribution is 2.29. The molecule has 0 unspecified atom stereocenters. The largest absolute Gasteiger partial charge is 0.492 e. The third kappa shape index (κ3) is 2.54. The standard InChI is InChI=1S/C9H9ClO2.C6H4/c1-2-12-9-7(6-11)4-3-5-8(9)10;1-2-6-4-3-5(1)6/h3-6H,2H2,1H3;1-4H. The van der Waals surface area contributed by atoms with Crippen LogP contribution >= 0.6 is 11.6 Å². The first-order valence-electron chi connectivity index (χ1n) is 5.73. The topological polar surface area (TPSA) is 26.3 Å². The van der Waals surface area contributed by atoms with Crippen LogP contribution in [0.2, 0.25) is 5.02 Å². The van der Waals surface area contributed by atoms with Crippen molar-refractivity contribution in [2.24, 2.45) is 0 Å². The number of para-hydroxylation sites is 1. The molecule has 0 bridgehead atoms. The maximum Gasteiger partial charge on any atom is 0.153 e. The number of rotatable bonds is 3. The predicted octanol–water partition coefficient (Wildman–Crippen LogP) is 4.22. The maximum atomic E-state index is 10.5. The predicted molar refractivity (Wildman–Crippen MR) is 73.4 cm³/mol. The number of fused-ring (bicyclic) bond motifs is 1. The second-order valence-electron chi connectivity index (χ2n) is 3.79. The molecule has 3 rings (SSSR count). The van der Waals surface area contributed by atoms with Gasteiger partial charge in [0.15, 0.2) is 6.29 Å². The van der Waals surface area contributed by atoms with Crippen LogP contribution in [0, 0.1) is 0 Å². The van der Waals surface area contributed by atoms with E-state index in [0.29, 0.717) is 22.9 Å². The van der Waals surface area contributed by atoms with E-state index in [0.717, 1.165) is 6.29 Å². The fourth-order valence-electron chi connectivity index (χ4n) is 1.58. The van der Waals surface area contributed by atoms with E-state index in [4.69, 9.17) is 16.3 Å². The van der Waals surface area contributed by atoms with Crippen LogP contribution in [-0.4, -0.2) is 12.9 Å². The minimum absolute atomic E-state index is 0.469. The fraction of sp³-hybridized carbons (Fsp3) is 0.133. The molecule has 0 heterocycles. The first kappa shape index (κ1) is 12.7. The van der Waals surface area contributed by atoms with Gasteiger partial charge < -0.3 is 4.74 Å². The molecular formula is C15H13ClO2. The lowest BCUT2D eigenvalue weighted by atomic mass is 9.95. The number of benzene rings is 2. The van der Waals surface area contributed by atoms with Crippen LogP contribution in [-0.2, 0) is 0 Å². The van der Waals surface area contributed by atoms with E-state index in [1.165, 1.54) is 11.1 Å². The van der Waals surface area contributed by atoms with Crippen molar-refractivity contribution in [3.63, 3.8) is 0 Å². The number of carbonyl (C=O) groups is 1. The zero-order chi connectivity index (χ0) is 13.0. The molecule has 0 amide bonds. The summed E-state index contributed by atoms with van der Waals surface area (Å²) >= 11 is 5.80. The number of aldehydes is 1. The quantitative estimate of drug-likeness (QED) is 0.659. The lowest BCUT2D eigenvalue weighted by Crippen LogP contribution is -1.96. The van der Waals surface area contributed by atoms with Crippen LogP contribution in [0.15, 0.2) is 42.5 Å². The highest BCUT2D eigenvalue weighted by Gasteiger charge is 2.05. The summed E-state index contributed by atoms with van der Waals surface area (Å²) in [6.45, 7) is 2.35. The van der Waals surface area contributed by atoms with Gasteiger partial charge in [0.25, 0.3) is 0 Å². The van der Waals surface area contributed by atoms with E-state index >= 15 is 0 Å². The van der Waals surface area contributed by atoms with Gasteiger partial charge in [-0.05, 0) is 30.2 Å². The van der Waals surface area contributed by atoms with Crippen LogP contribution in [0.3, 0.4) is 0 Å². The molecule has 2 nitrogen and oxygen atoms in total. The molecule has 0 aromatic heterocycles.